The van der Waals surface area contributed by atoms with Crippen LogP contribution < -0.4 is 0 Å². The molecule has 0 aromatic rings. The fourth-order valence-electron chi connectivity index (χ4n) is 0.756. The summed E-state index contributed by atoms with van der Waals surface area (Å²) in [6.07, 6.45) is 4.56. The lowest BCUT2D eigenvalue weighted by Crippen LogP contribution is -2.06. The Kier molecular flexibility index (Phi) is 4.09. The molecule has 0 fully saturated rings. The summed E-state index contributed by atoms with van der Waals surface area (Å²) in [6.45, 7) is 4.03. The van der Waals surface area contributed by atoms with Gasteiger partial charge in [0.05, 0.1) is 15.7 Å². The first-order valence-corrected chi connectivity index (χ1v) is 3.64. The minimum atomic E-state index is -0.449. The number of hydrogen-bond acceptors (Lipinski definition) is 0. The van der Waals surface area contributed by atoms with E-state index in [-0.39, 0.29) is 0 Å². The molecule has 0 amide bonds. The molecule has 0 atom stereocenters. The van der Waals surface area contributed by atoms with Crippen molar-refractivity contribution >= 4 is 15.7 Å². The minimum absolute atomic E-state index is 0.449. The maximum atomic E-state index is 5.55. The summed E-state index contributed by atoms with van der Waals surface area (Å²) in [4.78, 5) is 0. The first kappa shape index (κ1) is 9.13. The summed E-state index contributed by atoms with van der Waals surface area (Å²) in [5.41, 5.74) is 0. The summed E-state index contributed by atoms with van der Waals surface area (Å²) in [5, 5.41) is -0.449. The van der Waals surface area contributed by atoms with Gasteiger partial charge in [0.25, 0.3) is 0 Å². The number of hydrogen-bond donors (Lipinski definition) is 0. The van der Waals surface area contributed by atoms with Gasteiger partial charge in [-0.3, -0.25) is 0 Å². The topological polar surface area (TPSA) is 0 Å². The molecule has 0 aliphatic rings. The maximum Gasteiger partial charge on any atom is 0.0617 e. The Morgan fingerprint density at radius 3 is 2.11 bits per heavy atom. The van der Waals surface area contributed by atoms with E-state index in [0.29, 0.717) is 0 Å². The van der Waals surface area contributed by atoms with Crippen LogP contribution in [0.1, 0.15) is 39.5 Å². The van der Waals surface area contributed by atoms with Gasteiger partial charge in [0.15, 0.2) is 0 Å². The van der Waals surface area contributed by atoms with Gasteiger partial charge in [0.2, 0.25) is 0 Å². The van der Waals surface area contributed by atoms with Crippen molar-refractivity contribution in [3.63, 3.8) is 0 Å². The third kappa shape index (κ3) is 8.13. The number of rotatable bonds is 4. The van der Waals surface area contributed by atoms with E-state index in [1.807, 2.05) is 6.92 Å². The molecule has 0 aromatic heterocycles. The van der Waals surface area contributed by atoms with Gasteiger partial charge >= 0.3 is 0 Å². The standard InChI is InChI=1S/C7H14B2/c1-3-4-5-6-7(2,8)9/h3-6H2,1-2H3. The molecule has 0 nitrogen and oxygen atoms in total. The van der Waals surface area contributed by atoms with E-state index in [9.17, 15) is 0 Å². The van der Waals surface area contributed by atoms with E-state index < -0.39 is 5.21 Å². The van der Waals surface area contributed by atoms with Gasteiger partial charge in [0, 0.05) is 0 Å². The van der Waals surface area contributed by atoms with Gasteiger partial charge in [-0.25, -0.2) is 0 Å². The molecular weight excluding hydrogens is 106 g/mol. The molecule has 0 aliphatic carbocycles. The molecule has 0 rings (SSSR count). The van der Waals surface area contributed by atoms with E-state index in [4.69, 9.17) is 15.7 Å². The molecule has 48 valence electrons. The van der Waals surface area contributed by atoms with Crippen LogP contribution in [0.4, 0.5) is 0 Å². The second-order valence-corrected chi connectivity index (χ2v) is 2.96. The second-order valence-electron chi connectivity index (χ2n) is 2.96. The number of unbranched alkanes of at least 4 members (excludes halogenated alkanes) is 2. The minimum Gasteiger partial charge on any atom is -0.102 e. The van der Waals surface area contributed by atoms with E-state index >= 15 is 0 Å². The highest BCUT2D eigenvalue weighted by Crippen LogP contribution is 2.22. The summed E-state index contributed by atoms with van der Waals surface area (Å²) in [6, 6.07) is 0. The van der Waals surface area contributed by atoms with Crippen LogP contribution in [-0.2, 0) is 0 Å². The van der Waals surface area contributed by atoms with Crippen LogP contribution in [0.3, 0.4) is 0 Å². The molecule has 0 aromatic carbocycles. The van der Waals surface area contributed by atoms with Gasteiger partial charge in [-0.15, -0.1) is 5.21 Å². The highest BCUT2D eigenvalue weighted by Gasteiger charge is 2.07. The van der Waals surface area contributed by atoms with E-state index in [2.05, 4.69) is 6.92 Å². The van der Waals surface area contributed by atoms with Crippen LogP contribution in [0.2, 0.25) is 5.21 Å². The van der Waals surface area contributed by atoms with Gasteiger partial charge in [-0.2, -0.15) is 0 Å². The average Bonchev–Trinajstić information content (AvgIpc) is 1.63. The third-order valence-electron chi connectivity index (χ3n) is 1.32. The van der Waals surface area contributed by atoms with Crippen LogP contribution in [0.15, 0.2) is 0 Å². The molecule has 4 radical (unpaired) electrons. The van der Waals surface area contributed by atoms with Crippen LogP contribution in [-0.4, -0.2) is 15.7 Å². The Balaban J connectivity index is 3.07. The van der Waals surface area contributed by atoms with Crippen LogP contribution in [0, 0.1) is 0 Å². The molecule has 0 spiro atoms. The normalized spacial score (nSPS) is 11.8. The van der Waals surface area contributed by atoms with Crippen molar-refractivity contribution in [2.75, 3.05) is 0 Å². The SMILES string of the molecule is [B]C([B])(C)CCCCC. The molecule has 0 heterocycles. The summed E-state index contributed by atoms with van der Waals surface area (Å²) in [5.74, 6) is 0. The third-order valence-corrected chi connectivity index (χ3v) is 1.32. The van der Waals surface area contributed by atoms with Crippen LogP contribution >= 0.6 is 0 Å². The summed E-state index contributed by atoms with van der Waals surface area (Å²) < 4.78 is 0. The molecule has 9 heavy (non-hydrogen) atoms. The molecule has 0 bridgehead atoms. The molecular formula is C7H14B2. The van der Waals surface area contributed by atoms with E-state index in [0.717, 1.165) is 12.8 Å². The maximum absolute atomic E-state index is 5.55. The second kappa shape index (κ2) is 4.03. The highest BCUT2D eigenvalue weighted by molar-refractivity contribution is 6.39. The first-order valence-electron chi connectivity index (χ1n) is 3.64. The van der Waals surface area contributed by atoms with Crippen molar-refractivity contribution < 1.29 is 0 Å². The van der Waals surface area contributed by atoms with Crippen molar-refractivity contribution in [2.45, 2.75) is 44.7 Å². The smallest absolute Gasteiger partial charge is 0.0617 e. The van der Waals surface area contributed by atoms with Crippen molar-refractivity contribution in [1.29, 1.82) is 0 Å². The molecule has 0 N–H and O–H groups in total. The van der Waals surface area contributed by atoms with Gasteiger partial charge in [-0.05, 0) is 0 Å². The van der Waals surface area contributed by atoms with E-state index in [1.165, 1.54) is 12.8 Å². The van der Waals surface area contributed by atoms with Gasteiger partial charge in [-0.1, -0.05) is 39.5 Å². The zero-order valence-corrected chi connectivity index (χ0v) is 6.48. The van der Waals surface area contributed by atoms with Crippen molar-refractivity contribution in [2.24, 2.45) is 0 Å². The lowest BCUT2D eigenvalue weighted by atomic mass is 9.54. The average molecular weight is 120 g/mol. The highest BCUT2D eigenvalue weighted by atomic mass is 14.0. The summed E-state index contributed by atoms with van der Waals surface area (Å²) >= 11 is 0. The zero-order valence-electron chi connectivity index (χ0n) is 6.48. The zero-order chi connectivity index (χ0) is 7.33. The Hall–Kier alpha value is 0.130. The van der Waals surface area contributed by atoms with E-state index in [1.54, 1.807) is 0 Å². The van der Waals surface area contributed by atoms with Gasteiger partial charge in [0.1, 0.15) is 0 Å². The van der Waals surface area contributed by atoms with Crippen LogP contribution in [0.25, 0.3) is 0 Å². The Morgan fingerprint density at radius 1 is 1.22 bits per heavy atom. The lowest BCUT2D eigenvalue weighted by Gasteiger charge is -2.17. The predicted molar refractivity (Wildman–Crippen MR) is 44.0 cm³/mol. The lowest BCUT2D eigenvalue weighted by molar-refractivity contribution is 0.626. The Labute approximate surface area is 61.2 Å². The largest absolute Gasteiger partial charge is 0.102 e. The molecule has 0 saturated carbocycles. The van der Waals surface area contributed by atoms with Crippen molar-refractivity contribution in [1.82, 2.24) is 0 Å². The van der Waals surface area contributed by atoms with Crippen LogP contribution in [0.5, 0.6) is 0 Å². The fourth-order valence-corrected chi connectivity index (χ4v) is 0.756. The molecule has 0 unspecified atom stereocenters. The van der Waals surface area contributed by atoms with Crippen molar-refractivity contribution in [3.05, 3.63) is 0 Å². The quantitative estimate of drug-likeness (QED) is 0.393. The Morgan fingerprint density at radius 2 is 1.78 bits per heavy atom. The van der Waals surface area contributed by atoms with Gasteiger partial charge < -0.3 is 0 Å². The molecule has 2 heteroatoms. The summed E-state index contributed by atoms with van der Waals surface area (Å²) in [7, 11) is 11.1. The fraction of sp³-hybridized carbons (Fsp3) is 1.00. The first-order chi connectivity index (χ1) is 4.06. The van der Waals surface area contributed by atoms with Crippen molar-refractivity contribution in [3.8, 4) is 0 Å². The molecule has 0 saturated heterocycles. The molecule has 0 aliphatic heterocycles. The monoisotopic (exact) mass is 120 g/mol. The Bertz CT molecular complexity index is 63.8. The predicted octanol–water partition coefficient (Wildman–Crippen LogP) is 2.04.